The lowest BCUT2D eigenvalue weighted by atomic mass is 10.2. The summed E-state index contributed by atoms with van der Waals surface area (Å²) in [6.45, 7) is 0.722. The third-order valence-electron chi connectivity index (χ3n) is 3.76. The first-order valence-electron chi connectivity index (χ1n) is 7.91. The van der Waals surface area contributed by atoms with Gasteiger partial charge in [0.1, 0.15) is 12.3 Å². The Kier molecular flexibility index (Phi) is 7.79. The molecule has 0 spiro atoms. The molecule has 1 fully saturated rings. The van der Waals surface area contributed by atoms with Gasteiger partial charge in [-0.2, -0.15) is 8.62 Å². The molecule has 1 aliphatic rings. The Morgan fingerprint density at radius 3 is 2.37 bits per heavy atom. The van der Waals surface area contributed by atoms with Crippen LogP contribution in [0.2, 0.25) is 0 Å². The molecule has 2 rings (SSSR count). The normalized spacial score (nSPS) is 26.3. The van der Waals surface area contributed by atoms with Crippen molar-refractivity contribution in [3.8, 4) is 0 Å². The number of aryl methyl sites for hydroxylation is 1. The molecule has 30 heavy (non-hydrogen) atoms. The highest BCUT2D eigenvalue weighted by Gasteiger charge is 2.43. The van der Waals surface area contributed by atoms with Crippen molar-refractivity contribution in [2.75, 3.05) is 13.7 Å². The van der Waals surface area contributed by atoms with E-state index in [4.69, 9.17) is 24.2 Å². The molecule has 0 saturated carbocycles. The fourth-order valence-electron chi connectivity index (χ4n) is 2.54. The summed E-state index contributed by atoms with van der Waals surface area (Å²) in [4.78, 5) is 61.2. The van der Waals surface area contributed by atoms with E-state index in [0.717, 1.165) is 4.57 Å². The number of hydrogen-bond donors (Lipinski definition) is 5. The summed E-state index contributed by atoms with van der Waals surface area (Å²) in [5.74, 6) is 0. The Morgan fingerprint density at radius 1 is 1.17 bits per heavy atom. The van der Waals surface area contributed by atoms with E-state index in [2.05, 4.69) is 18.1 Å². The monoisotopic (exact) mass is 496 g/mol. The average Bonchev–Trinajstić information content (AvgIpc) is 2.96. The number of nitrogens with one attached hydrogen (secondary N) is 1. The molecule has 5 N–H and O–H groups in total. The summed E-state index contributed by atoms with van der Waals surface area (Å²) < 4.78 is 57.3. The first kappa shape index (κ1) is 25.3. The Hall–Kier alpha value is -0.990. The smallest absolute Gasteiger partial charge is 0.378 e. The van der Waals surface area contributed by atoms with Crippen molar-refractivity contribution in [1.29, 1.82) is 0 Å². The fourth-order valence-corrected chi connectivity index (χ4v) is 5.57. The van der Waals surface area contributed by atoms with Crippen LogP contribution in [0.4, 0.5) is 0 Å². The van der Waals surface area contributed by atoms with Gasteiger partial charge in [0.05, 0.1) is 12.7 Å². The zero-order chi connectivity index (χ0) is 22.9. The van der Waals surface area contributed by atoms with Gasteiger partial charge in [-0.1, -0.05) is 0 Å². The minimum Gasteiger partial charge on any atom is -0.378 e. The van der Waals surface area contributed by atoms with Crippen LogP contribution in [0.1, 0.15) is 18.2 Å². The summed E-state index contributed by atoms with van der Waals surface area (Å²) in [5.41, 5.74) is -1.12. The number of aromatic amines is 1. The van der Waals surface area contributed by atoms with E-state index in [1.54, 1.807) is 0 Å². The lowest BCUT2D eigenvalue weighted by Crippen LogP contribution is -2.33. The van der Waals surface area contributed by atoms with Gasteiger partial charge in [0.2, 0.25) is 0 Å². The van der Waals surface area contributed by atoms with Crippen LogP contribution in [-0.4, -0.2) is 55.0 Å². The molecule has 1 saturated heterocycles. The predicted molar refractivity (Wildman–Crippen MR) is 95.2 cm³/mol. The lowest BCUT2D eigenvalue weighted by Gasteiger charge is -2.20. The molecule has 2 heterocycles. The van der Waals surface area contributed by atoms with Crippen LogP contribution in [-0.2, 0) is 36.3 Å². The summed E-state index contributed by atoms with van der Waals surface area (Å²) in [5, 5.41) is 0. The van der Waals surface area contributed by atoms with E-state index in [1.165, 1.54) is 20.2 Å². The Morgan fingerprint density at radius 2 is 1.80 bits per heavy atom. The summed E-state index contributed by atoms with van der Waals surface area (Å²) in [6.07, 6.45) is -1.44. The highest BCUT2D eigenvalue weighted by molar-refractivity contribution is 7.66. The molecule has 19 heteroatoms. The van der Waals surface area contributed by atoms with Crippen molar-refractivity contribution < 1.29 is 55.9 Å². The summed E-state index contributed by atoms with van der Waals surface area (Å²) in [6, 6.07) is 0. The largest absolute Gasteiger partial charge is 0.490 e. The highest BCUT2D eigenvalue weighted by atomic mass is 31.3. The van der Waals surface area contributed by atoms with Crippen molar-refractivity contribution in [2.24, 2.45) is 0 Å². The molecular formula is C11H19N2O14P3. The number of H-pyrrole nitrogens is 1. The van der Waals surface area contributed by atoms with Gasteiger partial charge in [-0.05, 0) is 6.92 Å². The lowest BCUT2D eigenvalue weighted by molar-refractivity contribution is -0.0525. The maximum absolute atomic E-state index is 12.0. The minimum atomic E-state index is -5.65. The fraction of sp³-hybridized carbons (Fsp3) is 0.636. The standard InChI is InChI=1S/C11H19N2O14P3/c1-6-4-13(11(15)12-10(6)14)9-3-7(23-2)8(25-9)5-24-29(19,20)27-30(21,22)26-28(16,17)18/h4,7-9H,3,5H2,1-2H3,(H,19,20)(H,21,22)(H,12,14,15)(H2,16,17,18)/t7?,8-,9-/m1/s1. The van der Waals surface area contributed by atoms with Gasteiger partial charge in [0, 0.05) is 25.3 Å². The van der Waals surface area contributed by atoms with Gasteiger partial charge in [0.25, 0.3) is 5.56 Å². The third-order valence-corrected chi connectivity index (χ3v) is 7.56. The SMILES string of the molecule is COC1C[C@H](n2cc(C)c(=O)[nH]c2=O)O[C@@H]1COP(=O)(O)OP(=O)(O)OP(=O)(O)O. The summed E-state index contributed by atoms with van der Waals surface area (Å²) in [7, 11) is -15.2. The molecule has 0 radical (unpaired) electrons. The topological polar surface area (TPSA) is 233 Å². The van der Waals surface area contributed by atoms with Crippen LogP contribution in [0.15, 0.2) is 15.8 Å². The zero-order valence-corrected chi connectivity index (χ0v) is 18.1. The number of hydrogen-bond acceptors (Lipinski definition) is 10. The maximum Gasteiger partial charge on any atom is 0.490 e. The third kappa shape index (κ3) is 7.02. The molecule has 1 aromatic heterocycles. The van der Waals surface area contributed by atoms with E-state index in [9.17, 15) is 28.2 Å². The number of methoxy groups -OCH3 is 1. The second-order valence-corrected chi connectivity index (χ2v) is 10.4. The molecule has 16 nitrogen and oxygen atoms in total. The van der Waals surface area contributed by atoms with Crippen LogP contribution >= 0.6 is 23.5 Å². The van der Waals surface area contributed by atoms with Gasteiger partial charge < -0.3 is 29.0 Å². The molecule has 1 aliphatic heterocycles. The Bertz CT molecular complexity index is 1030. The van der Waals surface area contributed by atoms with Crippen LogP contribution in [0.25, 0.3) is 0 Å². The second kappa shape index (κ2) is 9.25. The quantitative estimate of drug-likeness (QED) is 0.271. The van der Waals surface area contributed by atoms with Crippen molar-refractivity contribution in [3.63, 3.8) is 0 Å². The number of aromatic nitrogens is 2. The molecule has 0 aliphatic carbocycles. The number of ether oxygens (including phenoxy) is 2. The first-order valence-corrected chi connectivity index (χ1v) is 12.4. The molecular weight excluding hydrogens is 477 g/mol. The van der Waals surface area contributed by atoms with Crippen LogP contribution in [0.3, 0.4) is 0 Å². The molecule has 1 aromatic rings. The molecule has 172 valence electrons. The molecule has 0 amide bonds. The minimum absolute atomic E-state index is 0.0757. The number of nitrogens with zero attached hydrogens (tertiary/aromatic N) is 1. The van der Waals surface area contributed by atoms with Gasteiger partial charge >= 0.3 is 29.2 Å². The summed E-state index contributed by atoms with van der Waals surface area (Å²) >= 11 is 0. The van der Waals surface area contributed by atoms with Crippen LogP contribution < -0.4 is 11.2 Å². The average molecular weight is 496 g/mol. The molecule has 5 atom stereocenters. The Labute approximate surface area is 167 Å². The van der Waals surface area contributed by atoms with Crippen molar-refractivity contribution in [3.05, 3.63) is 32.6 Å². The van der Waals surface area contributed by atoms with E-state index in [-0.39, 0.29) is 12.0 Å². The van der Waals surface area contributed by atoms with Crippen LogP contribution in [0, 0.1) is 6.92 Å². The number of phosphoric acid groups is 3. The van der Waals surface area contributed by atoms with E-state index in [0.29, 0.717) is 0 Å². The van der Waals surface area contributed by atoms with Gasteiger partial charge in [0.15, 0.2) is 0 Å². The molecule has 0 aromatic carbocycles. The predicted octanol–water partition coefficient (Wildman–Crippen LogP) is -0.509. The van der Waals surface area contributed by atoms with E-state index >= 15 is 0 Å². The molecule has 0 bridgehead atoms. The zero-order valence-electron chi connectivity index (χ0n) is 15.4. The van der Waals surface area contributed by atoms with Crippen molar-refractivity contribution in [1.82, 2.24) is 9.55 Å². The van der Waals surface area contributed by atoms with Crippen molar-refractivity contribution in [2.45, 2.75) is 31.8 Å². The second-order valence-electron chi connectivity index (χ2n) is 6.00. The first-order chi connectivity index (χ1) is 13.6. The van der Waals surface area contributed by atoms with Gasteiger partial charge in [-0.3, -0.25) is 18.9 Å². The number of phosphoric ester groups is 1. The number of rotatable bonds is 9. The maximum atomic E-state index is 12.0. The Balaban J connectivity index is 2.08. The van der Waals surface area contributed by atoms with Gasteiger partial charge in [-0.25, -0.2) is 18.5 Å². The van der Waals surface area contributed by atoms with Crippen LogP contribution in [0.5, 0.6) is 0 Å². The van der Waals surface area contributed by atoms with E-state index < -0.39 is 59.8 Å². The van der Waals surface area contributed by atoms with E-state index in [1.807, 2.05) is 0 Å². The molecule has 3 unspecified atom stereocenters. The van der Waals surface area contributed by atoms with Crippen molar-refractivity contribution >= 4 is 23.5 Å². The van der Waals surface area contributed by atoms with Gasteiger partial charge in [-0.15, -0.1) is 0 Å². The highest BCUT2D eigenvalue weighted by Crippen LogP contribution is 2.66.